The molecule has 1 fully saturated rings. The van der Waals surface area contributed by atoms with Gasteiger partial charge in [0.05, 0.1) is 12.4 Å². The van der Waals surface area contributed by atoms with E-state index in [4.69, 9.17) is 4.74 Å². The van der Waals surface area contributed by atoms with Crippen LogP contribution in [0.25, 0.3) is 0 Å². The molecule has 30 heavy (non-hydrogen) atoms. The van der Waals surface area contributed by atoms with Crippen LogP contribution in [0, 0.1) is 5.92 Å². The summed E-state index contributed by atoms with van der Waals surface area (Å²) in [5.41, 5.74) is 0.852. The smallest absolute Gasteiger partial charge is 0.324 e. The molecule has 1 aromatic rings. The highest BCUT2D eigenvalue weighted by molar-refractivity contribution is 7.89. The lowest BCUT2D eigenvalue weighted by atomic mass is 10.1. The summed E-state index contributed by atoms with van der Waals surface area (Å²) >= 11 is 0. The molecule has 0 aliphatic carbocycles. The van der Waals surface area contributed by atoms with Crippen molar-refractivity contribution < 1.29 is 22.7 Å². The maximum Gasteiger partial charge on any atom is 0.324 e. The monoisotopic (exact) mass is 439 g/mol. The Hall–Kier alpha value is -2.13. The van der Waals surface area contributed by atoms with Gasteiger partial charge in [-0.3, -0.25) is 10.1 Å². The van der Waals surface area contributed by atoms with Crippen LogP contribution in [0.1, 0.15) is 58.1 Å². The second-order valence-corrected chi connectivity index (χ2v) is 9.96. The van der Waals surface area contributed by atoms with Gasteiger partial charge in [0.2, 0.25) is 15.9 Å². The zero-order valence-corrected chi connectivity index (χ0v) is 18.8. The number of carbonyl (C=O) groups is 2. The topological polar surface area (TPSA) is 105 Å². The van der Waals surface area contributed by atoms with Gasteiger partial charge in [-0.25, -0.2) is 17.9 Å². The van der Waals surface area contributed by atoms with Crippen molar-refractivity contribution in [2.24, 2.45) is 5.92 Å². The van der Waals surface area contributed by atoms with E-state index in [0.29, 0.717) is 51.3 Å². The molecule has 0 saturated carbocycles. The summed E-state index contributed by atoms with van der Waals surface area (Å²) in [6, 6.07) is 6.75. The van der Waals surface area contributed by atoms with Gasteiger partial charge in [-0.15, -0.1) is 0 Å². The van der Waals surface area contributed by atoms with Crippen LogP contribution < -0.4 is 14.8 Å². The summed E-state index contributed by atoms with van der Waals surface area (Å²) in [6.07, 6.45) is 2.20. The zero-order chi connectivity index (χ0) is 22.1. The lowest BCUT2D eigenvalue weighted by molar-refractivity contribution is -0.121. The molecule has 3 amide bonds. The minimum absolute atomic E-state index is 0.0333. The summed E-state index contributed by atoms with van der Waals surface area (Å²) in [4.78, 5) is 24.4. The Bertz CT molecular complexity index is 826. The summed E-state index contributed by atoms with van der Waals surface area (Å²) in [5.74, 6) is 0.928. The molecule has 8 nitrogen and oxygen atoms in total. The molecule has 2 rings (SSSR count). The van der Waals surface area contributed by atoms with Gasteiger partial charge in [-0.2, -0.15) is 0 Å². The van der Waals surface area contributed by atoms with E-state index in [1.807, 2.05) is 31.2 Å². The number of nitrogens with zero attached hydrogens (tertiary/aromatic N) is 1. The van der Waals surface area contributed by atoms with E-state index in [2.05, 4.69) is 23.9 Å². The normalized spacial score (nSPS) is 15.9. The lowest BCUT2D eigenvalue weighted by Gasteiger charge is -2.26. The molecule has 1 aliphatic rings. The Morgan fingerprint density at radius 2 is 1.93 bits per heavy atom. The molecule has 0 bridgehead atoms. The largest absolute Gasteiger partial charge is 0.493 e. The van der Waals surface area contributed by atoms with Gasteiger partial charge in [0.15, 0.2) is 0 Å². The van der Waals surface area contributed by atoms with Crippen LogP contribution in [0.2, 0.25) is 0 Å². The number of urea groups is 1. The SMILES string of the molecule is CC(C)COc1cccc([C@@H](C)NS(=O)(=O)CCCCCN2CCC(=O)NC2=O)c1. The number of benzene rings is 1. The van der Waals surface area contributed by atoms with Crippen LogP contribution in [0.5, 0.6) is 5.75 Å². The first-order valence-electron chi connectivity index (χ1n) is 10.5. The first kappa shape index (κ1) is 24.1. The predicted molar refractivity (Wildman–Crippen MR) is 116 cm³/mol. The van der Waals surface area contributed by atoms with Crippen molar-refractivity contribution in [3.05, 3.63) is 29.8 Å². The van der Waals surface area contributed by atoms with Gasteiger partial charge >= 0.3 is 6.03 Å². The number of sulfonamides is 1. The molecule has 9 heteroatoms. The van der Waals surface area contributed by atoms with Crippen LogP contribution >= 0.6 is 0 Å². The molecule has 0 spiro atoms. The third-order valence-electron chi connectivity index (χ3n) is 4.78. The Balaban J connectivity index is 1.73. The van der Waals surface area contributed by atoms with Gasteiger partial charge < -0.3 is 9.64 Å². The summed E-state index contributed by atoms with van der Waals surface area (Å²) in [7, 11) is -3.42. The number of ether oxygens (including phenoxy) is 1. The van der Waals surface area contributed by atoms with E-state index in [1.165, 1.54) is 0 Å². The molecule has 1 saturated heterocycles. The fourth-order valence-electron chi connectivity index (χ4n) is 3.12. The molecule has 1 aliphatic heterocycles. The average molecular weight is 440 g/mol. The third-order valence-corrected chi connectivity index (χ3v) is 6.32. The van der Waals surface area contributed by atoms with Crippen LogP contribution in [0.15, 0.2) is 24.3 Å². The number of hydrogen-bond acceptors (Lipinski definition) is 5. The molecule has 0 unspecified atom stereocenters. The second kappa shape index (κ2) is 11.3. The van der Waals surface area contributed by atoms with E-state index in [9.17, 15) is 18.0 Å². The number of carbonyl (C=O) groups excluding carboxylic acids is 2. The average Bonchev–Trinajstić information content (AvgIpc) is 2.67. The molecular formula is C21H33N3O5S. The van der Waals surface area contributed by atoms with E-state index in [1.54, 1.807) is 4.90 Å². The van der Waals surface area contributed by atoms with Crippen molar-refractivity contribution >= 4 is 22.0 Å². The van der Waals surface area contributed by atoms with Crippen molar-refractivity contribution in [2.75, 3.05) is 25.4 Å². The van der Waals surface area contributed by atoms with Gasteiger partial charge in [-0.1, -0.05) is 32.4 Å². The van der Waals surface area contributed by atoms with Gasteiger partial charge in [0, 0.05) is 25.6 Å². The molecule has 0 radical (unpaired) electrons. The highest BCUT2D eigenvalue weighted by Crippen LogP contribution is 2.20. The fourth-order valence-corrected chi connectivity index (χ4v) is 4.49. The quantitative estimate of drug-likeness (QED) is 0.487. The molecule has 168 valence electrons. The Morgan fingerprint density at radius 1 is 1.17 bits per heavy atom. The Morgan fingerprint density at radius 3 is 2.63 bits per heavy atom. The summed E-state index contributed by atoms with van der Waals surface area (Å²) < 4.78 is 33.3. The molecule has 1 atom stereocenters. The van der Waals surface area contributed by atoms with E-state index < -0.39 is 10.0 Å². The molecule has 1 heterocycles. The van der Waals surface area contributed by atoms with Crippen LogP contribution in [0.4, 0.5) is 4.79 Å². The summed E-state index contributed by atoms with van der Waals surface area (Å²) in [5, 5.41) is 2.28. The lowest BCUT2D eigenvalue weighted by Crippen LogP contribution is -2.49. The molecule has 0 aromatic heterocycles. The molecule has 1 aromatic carbocycles. The van der Waals surface area contributed by atoms with Crippen LogP contribution in [-0.4, -0.2) is 50.7 Å². The van der Waals surface area contributed by atoms with Crippen LogP contribution in [-0.2, 0) is 14.8 Å². The van der Waals surface area contributed by atoms with Crippen molar-refractivity contribution in [1.29, 1.82) is 0 Å². The van der Waals surface area contributed by atoms with Crippen molar-refractivity contribution in [3.8, 4) is 5.75 Å². The standard InChI is InChI=1S/C21H33N3O5S/c1-16(2)15-29-19-9-7-8-18(14-19)17(3)23-30(27,28)13-6-4-5-11-24-12-10-20(25)22-21(24)26/h7-9,14,16-17,23H,4-6,10-13,15H2,1-3H3,(H,22,25,26)/t17-/m1/s1. The molecule has 2 N–H and O–H groups in total. The first-order valence-corrected chi connectivity index (χ1v) is 12.1. The maximum absolute atomic E-state index is 12.4. The number of amides is 3. The number of hydrogen-bond donors (Lipinski definition) is 2. The summed E-state index contributed by atoms with van der Waals surface area (Å²) in [6.45, 7) is 7.51. The van der Waals surface area contributed by atoms with Gasteiger partial charge in [0.1, 0.15) is 5.75 Å². The molecular weight excluding hydrogens is 406 g/mol. The Kier molecular flexibility index (Phi) is 9.10. The van der Waals surface area contributed by atoms with E-state index in [0.717, 1.165) is 11.3 Å². The fraction of sp³-hybridized carbons (Fsp3) is 0.619. The Labute approximate surface area is 179 Å². The second-order valence-electron chi connectivity index (χ2n) is 8.09. The van der Waals surface area contributed by atoms with Gasteiger partial charge in [-0.05, 0) is 43.4 Å². The first-order chi connectivity index (χ1) is 14.2. The highest BCUT2D eigenvalue weighted by Gasteiger charge is 2.22. The third kappa shape index (κ3) is 8.31. The zero-order valence-electron chi connectivity index (χ0n) is 18.0. The number of nitrogens with one attached hydrogen (secondary N) is 2. The van der Waals surface area contributed by atoms with E-state index >= 15 is 0 Å². The maximum atomic E-state index is 12.4. The van der Waals surface area contributed by atoms with Crippen LogP contribution in [0.3, 0.4) is 0 Å². The number of unbranched alkanes of at least 4 members (excludes halogenated alkanes) is 2. The van der Waals surface area contributed by atoms with Crippen molar-refractivity contribution in [2.45, 2.75) is 52.5 Å². The minimum atomic E-state index is -3.42. The predicted octanol–water partition coefficient (Wildman–Crippen LogP) is 2.81. The van der Waals surface area contributed by atoms with E-state index in [-0.39, 0.29) is 23.7 Å². The number of rotatable bonds is 12. The van der Waals surface area contributed by atoms with Crippen molar-refractivity contribution in [1.82, 2.24) is 14.9 Å². The number of imide groups is 1. The minimum Gasteiger partial charge on any atom is -0.493 e. The highest BCUT2D eigenvalue weighted by atomic mass is 32.2. The van der Waals surface area contributed by atoms with Gasteiger partial charge in [0.25, 0.3) is 0 Å². The van der Waals surface area contributed by atoms with Crippen molar-refractivity contribution in [3.63, 3.8) is 0 Å².